The number of amides is 3. The molecule has 1 saturated heterocycles. The summed E-state index contributed by atoms with van der Waals surface area (Å²) in [6, 6.07) is 11.0. The van der Waals surface area contributed by atoms with E-state index in [0.717, 1.165) is 22.2 Å². The highest BCUT2D eigenvalue weighted by Crippen LogP contribution is 2.43. The summed E-state index contributed by atoms with van der Waals surface area (Å²) in [6.07, 6.45) is 0.837. The van der Waals surface area contributed by atoms with Crippen molar-refractivity contribution in [1.29, 1.82) is 0 Å². The number of fused-ring (bicyclic) bond motifs is 1. The Kier molecular flexibility index (Phi) is 7.02. The summed E-state index contributed by atoms with van der Waals surface area (Å²) in [5.74, 6) is -4.07. The van der Waals surface area contributed by atoms with Gasteiger partial charge in [-0.15, -0.1) is 0 Å². The van der Waals surface area contributed by atoms with Gasteiger partial charge in [-0.05, 0) is 49.2 Å². The first-order chi connectivity index (χ1) is 15.7. The summed E-state index contributed by atoms with van der Waals surface area (Å²) in [5.41, 5.74) is 0.198. The lowest BCUT2D eigenvalue weighted by molar-refractivity contribution is -0.154. The van der Waals surface area contributed by atoms with Gasteiger partial charge in [0.05, 0.1) is 22.4 Å². The van der Waals surface area contributed by atoms with E-state index in [-0.39, 0.29) is 25.8 Å². The van der Waals surface area contributed by atoms with Gasteiger partial charge in [0.15, 0.2) is 5.78 Å². The Hall–Kier alpha value is -2.10. The normalized spacial score (nSPS) is 24.5. The number of ketones is 1. The van der Waals surface area contributed by atoms with Crippen molar-refractivity contribution in [2.24, 2.45) is 11.8 Å². The van der Waals surface area contributed by atoms with Crippen LogP contribution in [-0.4, -0.2) is 49.7 Å². The molecule has 0 spiro atoms. The second kappa shape index (κ2) is 9.64. The van der Waals surface area contributed by atoms with Gasteiger partial charge in [-0.25, -0.2) is 9.40 Å². The first-order valence-corrected chi connectivity index (χ1v) is 12.4. The predicted octanol–water partition coefficient (Wildman–Crippen LogP) is 4.64. The van der Waals surface area contributed by atoms with Crippen LogP contribution >= 0.6 is 43.5 Å². The molecule has 1 aliphatic carbocycles. The van der Waals surface area contributed by atoms with Crippen LogP contribution in [0.1, 0.15) is 33.6 Å². The van der Waals surface area contributed by atoms with Gasteiger partial charge in [0.1, 0.15) is 12.4 Å². The van der Waals surface area contributed by atoms with Crippen LogP contribution in [0.2, 0.25) is 5.02 Å². The summed E-state index contributed by atoms with van der Waals surface area (Å²) < 4.78 is 13.3. The first kappa shape index (κ1) is 24.0. The fourth-order valence-electron chi connectivity index (χ4n) is 4.19. The molecule has 10 heteroatoms. The number of nitrogens with zero attached hydrogens (tertiary/aromatic N) is 2. The Balaban J connectivity index is 1.71. The van der Waals surface area contributed by atoms with Crippen molar-refractivity contribution in [3.8, 4) is 0 Å². The van der Waals surface area contributed by atoms with E-state index in [1.165, 1.54) is 24.3 Å². The summed E-state index contributed by atoms with van der Waals surface area (Å²) in [4.78, 5) is 53.0. The average Bonchev–Trinajstić information content (AvgIpc) is 3.02. The molecule has 0 aromatic heterocycles. The van der Waals surface area contributed by atoms with Crippen LogP contribution in [-0.2, 0) is 9.59 Å². The van der Waals surface area contributed by atoms with Crippen LogP contribution in [0.15, 0.2) is 48.5 Å². The molecular weight excluding hydrogens is 583 g/mol. The van der Waals surface area contributed by atoms with E-state index in [2.05, 4.69) is 31.9 Å². The van der Waals surface area contributed by atoms with Crippen LogP contribution in [0.25, 0.3) is 0 Å². The van der Waals surface area contributed by atoms with E-state index < -0.39 is 47.7 Å². The topological polar surface area (TPSA) is 74.8 Å². The van der Waals surface area contributed by atoms with Crippen LogP contribution in [0, 0.1) is 17.7 Å². The smallest absolute Gasteiger partial charge is 0.274 e. The molecule has 2 aromatic carbocycles. The quantitative estimate of drug-likeness (QED) is 0.285. The molecule has 0 N–H and O–H groups in total. The van der Waals surface area contributed by atoms with Gasteiger partial charge in [-0.2, -0.15) is 5.01 Å². The molecule has 1 heterocycles. The van der Waals surface area contributed by atoms with Gasteiger partial charge in [-0.3, -0.25) is 19.2 Å². The minimum absolute atomic E-state index is 0.0102. The maximum atomic E-state index is 13.5. The van der Waals surface area contributed by atoms with Gasteiger partial charge < -0.3 is 0 Å². The molecule has 0 bridgehead atoms. The van der Waals surface area contributed by atoms with Crippen molar-refractivity contribution >= 4 is 67.0 Å². The lowest BCUT2D eigenvalue weighted by atomic mass is 9.81. The minimum Gasteiger partial charge on any atom is -0.292 e. The third kappa shape index (κ3) is 4.63. The zero-order valence-electron chi connectivity index (χ0n) is 17.1. The number of Topliss-reactive ketones (excluding diaryl/α,β-unsaturated/α-hetero) is 1. The molecule has 2 aliphatic rings. The SMILES string of the molecule is O=C(CN(C(=O)c1ccccc1Cl)N1C(=O)[C@H]2C[C@H](Br)[C@@H](Br)C[C@H]2C1=O)c1ccc(F)cc1. The van der Waals surface area contributed by atoms with Gasteiger partial charge in [0.25, 0.3) is 17.7 Å². The lowest BCUT2D eigenvalue weighted by Gasteiger charge is -2.30. The van der Waals surface area contributed by atoms with Crippen LogP contribution in [0.4, 0.5) is 4.39 Å². The first-order valence-electron chi connectivity index (χ1n) is 10.2. The monoisotopic (exact) mass is 598 g/mol. The molecule has 2 fully saturated rings. The van der Waals surface area contributed by atoms with E-state index in [1.54, 1.807) is 12.1 Å². The van der Waals surface area contributed by atoms with Crippen LogP contribution in [0.3, 0.4) is 0 Å². The fourth-order valence-corrected chi connectivity index (χ4v) is 5.64. The molecule has 0 unspecified atom stereocenters. The number of imide groups is 1. The fraction of sp³-hybridized carbons (Fsp3) is 0.304. The second-order valence-corrected chi connectivity index (χ2v) is 10.7. The summed E-state index contributed by atoms with van der Waals surface area (Å²) >= 11 is 13.3. The van der Waals surface area contributed by atoms with E-state index in [4.69, 9.17) is 11.6 Å². The number of hydrogen-bond acceptors (Lipinski definition) is 4. The third-order valence-corrected chi connectivity index (χ3v) is 8.99. The van der Waals surface area contributed by atoms with Crippen molar-refractivity contribution in [3.05, 3.63) is 70.5 Å². The predicted molar refractivity (Wildman–Crippen MR) is 127 cm³/mol. The standard InChI is InChI=1S/C23H18Br2ClFN2O4/c24-17-9-15-16(10-18(17)25)23(33)29(22(15)32)28(21(31)14-3-1-2-4-19(14)26)11-20(30)12-5-7-13(27)8-6-12/h1-8,15-18H,9-11H2/t15-,16+,17-,18-/m0/s1. The van der Waals surface area contributed by atoms with Gasteiger partial charge >= 0.3 is 0 Å². The molecule has 1 saturated carbocycles. The van der Waals surface area contributed by atoms with Crippen molar-refractivity contribution in [1.82, 2.24) is 10.0 Å². The lowest BCUT2D eigenvalue weighted by Crippen LogP contribution is -2.52. The molecule has 33 heavy (non-hydrogen) atoms. The molecule has 3 amide bonds. The molecule has 4 atom stereocenters. The number of carbonyl (C=O) groups excluding carboxylic acids is 4. The second-order valence-electron chi connectivity index (χ2n) is 7.98. The molecule has 2 aromatic rings. The maximum absolute atomic E-state index is 13.5. The highest BCUT2D eigenvalue weighted by Gasteiger charge is 2.54. The highest BCUT2D eigenvalue weighted by atomic mass is 79.9. The maximum Gasteiger partial charge on any atom is 0.274 e. The highest BCUT2D eigenvalue weighted by molar-refractivity contribution is 9.12. The van der Waals surface area contributed by atoms with Crippen molar-refractivity contribution in [2.45, 2.75) is 22.5 Å². The van der Waals surface area contributed by atoms with Gasteiger partial charge in [-0.1, -0.05) is 55.6 Å². The number of benzene rings is 2. The van der Waals surface area contributed by atoms with Crippen molar-refractivity contribution in [2.75, 3.05) is 6.54 Å². The number of hydrazine groups is 1. The Labute approximate surface area is 211 Å². The number of hydrogen-bond donors (Lipinski definition) is 0. The number of halogens is 4. The zero-order valence-corrected chi connectivity index (χ0v) is 21.0. The Bertz CT molecular complexity index is 1100. The van der Waals surface area contributed by atoms with Gasteiger partial charge in [0.2, 0.25) is 0 Å². The zero-order chi connectivity index (χ0) is 23.9. The van der Waals surface area contributed by atoms with E-state index in [0.29, 0.717) is 12.8 Å². The van der Waals surface area contributed by atoms with Crippen LogP contribution < -0.4 is 0 Å². The summed E-state index contributed by atoms with van der Waals surface area (Å²) in [5, 5.41) is 1.79. The van der Waals surface area contributed by atoms with E-state index in [1.807, 2.05) is 0 Å². The van der Waals surface area contributed by atoms with E-state index in [9.17, 15) is 23.6 Å². The molecule has 1 aliphatic heterocycles. The Morgan fingerprint density at radius 1 is 0.970 bits per heavy atom. The summed E-state index contributed by atoms with van der Waals surface area (Å²) in [7, 11) is 0. The van der Waals surface area contributed by atoms with Crippen LogP contribution in [0.5, 0.6) is 0 Å². The Morgan fingerprint density at radius 2 is 1.52 bits per heavy atom. The summed E-state index contributed by atoms with van der Waals surface area (Å²) in [6.45, 7) is -0.581. The molecule has 6 nitrogen and oxygen atoms in total. The minimum atomic E-state index is -0.748. The molecular formula is C23H18Br2ClFN2O4. The number of rotatable bonds is 5. The molecule has 172 valence electrons. The number of alkyl halides is 2. The molecule has 0 radical (unpaired) electrons. The largest absolute Gasteiger partial charge is 0.292 e. The van der Waals surface area contributed by atoms with Crippen molar-refractivity contribution in [3.63, 3.8) is 0 Å². The van der Waals surface area contributed by atoms with Gasteiger partial charge in [0, 0.05) is 15.2 Å². The van der Waals surface area contributed by atoms with Crippen molar-refractivity contribution < 1.29 is 23.6 Å². The van der Waals surface area contributed by atoms with E-state index >= 15 is 0 Å². The number of carbonyl (C=O) groups is 4. The third-order valence-electron chi connectivity index (χ3n) is 5.93. The average molecular weight is 601 g/mol. The molecule has 4 rings (SSSR count). The Morgan fingerprint density at radius 3 is 2.06 bits per heavy atom.